The lowest BCUT2D eigenvalue weighted by molar-refractivity contribution is -0.132. The van der Waals surface area contributed by atoms with E-state index >= 15 is 0 Å². The van der Waals surface area contributed by atoms with E-state index in [9.17, 15) is 9.18 Å². The van der Waals surface area contributed by atoms with Crippen LogP contribution in [0.2, 0.25) is 0 Å². The van der Waals surface area contributed by atoms with E-state index in [0.717, 1.165) is 10.0 Å². The number of hydrogen-bond donors (Lipinski definition) is 1. The third kappa shape index (κ3) is 3.52. The zero-order chi connectivity index (χ0) is 13.8. The Labute approximate surface area is 120 Å². The van der Waals surface area contributed by atoms with Crippen LogP contribution in [0.4, 0.5) is 4.39 Å². The van der Waals surface area contributed by atoms with Gasteiger partial charge in [0.25, 0.3) is 0 Å². The van der Waals surface area contributed by atoms with E-state index in [1.807, 2.05) is 4.90 Å². The number of nitrogens with zero attached hydrogens (tertiary/aromatic N) is 1. The largest absolute Gasteiger partial charge is 0.378 e. The lowest BCUT2D eigenvalue weighted by Crippen LogP contribution is -2.52. The molecule has 6 heteroatoms. The molecule has 0 saturated carbocycles. The molecule has 19 heavy (non-hydrogen) atoms. The fourth-order valence-electron chi connectivity index (χ4n) is 2.10. The predicted octanol–water partition coefficient (Wildman–Crippen LogP) is 1.53. The zero-order valence-corrected chi connectivity index (χ0v) is 12.2. The maximum atomic E-state index is 13.1. The van der Waals surface area contributed by atoms with Crippen LogP contribution in [0.15, 0.2) is 22.7 Å². The summed E-state index contributed by atoms with van der Waals surface area (Å²) >= 11 is 3.35. The van der Waals surface area contributed by atoms with E-state index in [1.54, 1.807) is 13.1 Å². The number of likely N-dealkylation sites (N-methyl/N-ethyl adjacent to an activating group) is 1. The quantitative estimate of drug-likeness (QED) is 0.914. The number of morpholine rings is 1. The molecule has 1 atom stereocenters. The summed E-state index contributed by atoms with van der Waals surface area (Å²) in [6.07, 6.45) is 0. The van der Waals surface area contributed by atoms with Gasteiger partial charge in [0.15, 0.2) is 0 Å². The van der Waals surface area contributed by atoms with Gasteiger partial charge >= 0.3 is 0 Å². The summed E-state index contributed by atoms with van der Waals surface area (Å²) in [5.74, 6) is -0.335. The number of halogens is 2. The van der Waals surface area contributed by atoms with Crippen LogP contribution < -0.4 is 5.32 Å². The molecule has 1 fully saturated rings. The third-order valence-electron chi connectivity index (χ3n) is 3.18. The van der Waals surface area contributed by atoms with Gasteiger partial charge in [-0.2, -0.15) is 0 Å². The van der Waals surface area contributed by atoms with Crippen molar-refractivity contribution in [3.8, 4) is 0 Å². The summed E-state index contributed by atoms with van der Waals surface area (Å²) in [4.78, 5) is 13.8. The first-order valence-electron chi connectivity index (χ1n) is 6.09. The van der Waals surface area contributed by atoms with Gasteiger partial charge in [0, 0.05) is 24.6 Å². The Morgan fingerprint density at radius 1 is 1.63 bits per heavy atom. The van der Waals surface area contributed by atoms with Gasteiger partial charge in [-0.1, -0.05) is 22.0 Å². The third-order valence-corrected chi connectivity index (χ3v) is 3.92. The van der Waals surface area contributed by atoms with Gasteiger partial charge in [-0.15, -0.1) is 0 Å². The van der Waals surface area contributed by atoms with Crippen molar-refractivity contribution in [2.75, 3.05) is 26.8 Å². The number of nitrogens with one attached hydrogen (secondary N) is 1. The molecule has 104 valence electrons. The number of carbonyl (C=O) groups is 1. The van der Waals surface area contributed by atoms with Gasteiger partial charge in [-0.05, 0) is 17.7 Å². The maximum Gasteiger partial charge on any atom is 0.239 e. The highest BCUT2D eigenvalue weighted by atomic mass is 79.9. The molecule has 1 aliphatic heterocycles. The van der Waals surface area contributed by atoms with Crippen LogP contribution in [0, 0.1) is 5.82 Å². The molecule has 2 rings (SSSR count). The molecule has 0 aromatic heterocycles. The van der Waals surface area contributed by atoms with E-state index in [-0.39, 0.29) is 17.8 Å². The zero-order valence-electron chi connectivity index (χ0n) is 10.7. The molecule has 0 radical (unpaired) electrons. The molecule has 4 nitrogen and oxygen atoms in total. The summed E-state index contributed by atoms with van der Waals surface area (Å²) < 4.78 is 19.1. The number of benzene rings is 1. The number of carbonyl (C=O) groups excluding carboxylic acids is 1. The number of amides is 1. The molecule has 1 N–H and O–H groups in total. The molecule has 0 bridgehead atoms. The highest BCUT2D eigenvalue weighted by molar-refractivity contribution is 9.10. The predicted molar refractivity (Wildman–Crippen MR) is 73.2 cm³/mol. The molecule has 0 spiro atoms. The molecule has 1 heterocycles. The second-order valence-corrected chi connectivity index (χ2v) is 5.27. The summed E-state index contributed by atoms with van der Waals surface area (Å²) in [5.41, 5.74) is 0.956. The Balaban J connectivity index is 2.13. The monoisotopic (exact) mass is 330 g/mol. The smallest absolute Gasteiger partial charge is 0.239 e. The fraction of sp³-hybridized carbons (Fsp3) is 0.462. The van der Waals surface area contributed by atoms with E-state index in [4.69, 9.17) is 4.74 Å². The second-order valence-electron chi connectivity index (χ2n) is 4.41. The Kier molecular flexibility index (Phi) is 4.90. The van der Waals surface area contributed by atoms with E-state index in [0.29, 0.717) is 26.3 Å². The molecular weight excluding hydrogens is 315 g/mol. The van der Waals surface area contributed by atoms with Crippen LogP contribution in [-0.2, 0) is 16.1 Å². The van der Waals surface area contributed by atoms with Crippen LogP contribution in [-0.4, -0.2) is 43.7 Å². The molecule has 1 saturated heterocycles. The lowest BCUT2D eigenvalue weighted by atomic mass is 10.1. The summed E-state index contributed by atoms with van der Waals surface area (Å²) in [6.45, 7) is 2.26. The second kappa shape index (κ2) is 6.45. The SMILES string of the molecule is CNC(=O)C1COCCN1Cc1ccc(F)cc1Br. The van der Waals surface area contributed by atoms with E-state index in [2.05, 4.69) is 21.2 Å². The average molecular weight is 331 g/mol. The minimum absolute atomic E-state index is 0.0575. The van der Waals surface area contributed by atoms with Crippen molar-refractivity contribution in [2.24, 2.45) is 0 Å². The topological polar surface area (TPSA) is 41.6 Å². The first kappa shape index (κ1) is 14.4. The highest BCUT2D eigenvalue weighted by Gasteiger charge is 2.28. The summed E-state index contributed by atoms with van der Waals surface area (Å²) in [7, 11) is 1.61. The number of ether oxygens (including phenoxy) is 1. The van der Waals surface area contributed by atoms with Gasteiger partial charge < -0.3 is 10.1 Å². The van der Waals surface area contributed by atoms with Gasteiger partial charge in [-0.25, -0.2) is 4.39 Å². The van der Waals surface area contributed by atoms with Crippen LogP contribution in [0.1, 0.15) is 5.56 Å². The Morgan fingerprint density at radius 2 is 2.42 bits per heavy atom. The van der Waals surface area contributed by atoms with Crippen molar-refractivity contribution in [1.82, 2.24) is 10.2 Å². The van der Waals surface area contributed by atoms with Gasteiger partial charge in [0.2, 0.25) is 5.91 Å². The molecule has 1 aromatic rings. The van der Waals surface area contributed by atoms with Crippen LogP contribution in [0.5, 0.6) is 0 Å². The maximum absolute atomic E-state index is 13.1. The lowest BCUT2D eigenvalue weighted by Gasteiger charge is -2.34. The van der Waals surface area contributed by atoms with Crippen molar-refractivity contribution in [1.29, 1.82) is 0 Å². The Hall–Kier alpha value is -0.980. The van der Waals surface area contributed by atoms with E-state index < -0.39 is 0 Å². The standard InChI is InChI=1S/C13H16BrFN2O2/c1-16-13(18)12-8-19-5-4-17(12)7-9-2-3-10(15)6-11(9)14/h2-3,6,12H,4-5,7-8H2,1H3,(H,16,18). The first-order valence-corrected chi connectivity index (χ1v) is 6.88. The normalized spacial score (nSPS) is 20.3. The molecular formula is C13H16BrFN2O2. The van der Waals surface area contributed by atoms with Crippen molar-refractivity contribution < 1.29 is 13.9 Å². The number of rotatable bonds is 3. The molecule has 1 aliphatic rings. The number of hydrogen-bond acceptors (Lipinski definition) is 3. The van der Waals surface area contributed by atoms with E-state index in [1.165, 1.54) is 12.1 Å². The van der Waals surface area contributed by atoms with Crippen molar-refractivity contribution >= 4 is 21.8 Å². The first-order chi connectivity index (χ1) is 9.11. The highest BCUT2D eigenvalue weighted by Crippen LogP contribution is 2.21. The molecule has 1 unspecified atom stereocenters. The van der Waals surface area contributed by atoms with Crippen molar-refractivity contribution in [3.05, 3.63) is 34.1 Å². The van der Waals surface area contributed by atoms with Crippen molar-refractivity contribution in [2.45, 2.75) is 12.6 Å². The average Bonchev–Trinajstić information content (AvgIpc) is 2.41. The minimum Gasteiger partial charge on any atom is -0.378 e. The Bertz CT molecular complexity index is 470. The van der Waals surface area contributed by atoms with Gasteiger partial charge in [0.05, 0.1) is 13.2 Å². The molecule has 1 aromatic carbocycles. The van der Waals surface area contributed by atoms with Gasteiger partial charge in [-0.3, -0.25) is 9.69 Å². The summed E-state index contributed by atoms with van der Waals surface area (Å²) in [6, 6.07) is 4.30. The molecule has 0 aliphatic carbocycles. The summed E-state index contributed by atoms with van der Waals surface area (Å²) in [5, 5.41) is 2.64. The van der Waals surface area contributed by atoms with Crippen LogP contribution in [0.3, 0.4) is 0 Å². The van der Waals surface area contributed by atoms with Crippen LogP contribution in [0.25, 0.3) is 0 Å². The van der Waals surface area contributed by atoms with Gasteiger partial charge in [0.1, 0.15) is 11.9 Å². The molecule has 1 amide bonds. The Morgan fingerprint density at radius 3 is 3.11 bits per heavy atom. The minimum atomic E-state index is -0.296. The fourth-order valence-corrected chi connectivity index (χ4v) is 2.58. The van der Waals surface area contributed by atoms with Crippen LogP contribution >= 0.6 is 15.9 Å². The van der Waals surface area contributed by atoms with Crippen molar-refractivity contribution in [3.63, 3.8) is 0 Å².